The normalized spacial score (nSPS) is 10.8. The molecule has 2 aromatic heterocycles. The van der Waals surface area contributed by atoms with E-state index < -0.39 is 0 Å². The molecule has 0 amide bonds. The average molecular weight is 547 g/mol. The van der Waals surface area contributed by atoms with Crippen molar-refractivity contribution in [1.82, 2.24) is 20.4 Å². The van der Waals surface area contributed by atoms with Crippen molar-refractivity contribution in [3.05, 3.63) is 48.5 Å². The van der Waals surface area contributed by atoms with Crippen LogP contribution in [-0.2, 0) is 0 Å². The van der Waals surface area contributed by atoms with Gasteiger partial charge in [0.25, 0.3) is 0 Å². The molecule has 0 radical (unpaired) electrons. The van der Waals surface area contributed by atoms with E-state index in [2.05, 4.69) is 20.4 Å². The highest BCUT2D eigenvalue weighted by Gasteiger charge is 2.20. The Kier molecular flexibility index (Phi) is 7.40. The van der Waals surface area contributed by atoms with Gasteiger partial charge in [-0.1, -0.05) is 0 Å². The Hall–Kier alpha value is -5.26. The molecule has 0 bridgehead atoms. The molecule has 0 spiro atoms. The first kappa shape index (κ1) is 26.4. The minimum absolute atomic E-state index is 0.297. The third-order valence-electron chi connectivity index (χ3n) is 6.05. The molecule has 0 aliphatic carbocycles. The topological polar surface area (TPSA) is 133 Å². The molecule has 12 heteroatoms. The molecule has 0 N–H and O–H groups in total. The second-order valence-corrected chi connectivity index (χ2v) is 8.23. The molecule has 2 heterocycles. The van der Waals surface area contributed by atoms with Crippen LogP contribution in [0.25, 0.3) is 45.8 Å². The fourth-order valence-electron chi connectivity index (χ4n) is 4.08. The summed E-state index contributed by atoms with van der Waals surface area (Å²) in [6.07, 6.45) is 0. The molecular formula is C28H26N4O8. The fraction of sp³-hybridized carbons (Fsp3) is 0.214. The minimum atomic E-state index is 0.297. The van der Waals surface area contributed by atoms with E-state index >= 15 is 0 Å². The van der Waals surface area contributed by atoms with E-state index in [0.29, 0.717) is 80.3 Å². The first-order valence-electron chi connectivity index (χ1n) is 11.9. The minimum Gasteiger partial charge on any atom is -0.493 e. The van der Waals surface area contributed by atoms with Gasteiger partial charge in [0.1, 0.15) is 0 Å². The second-order valence-electron chi connectivity index (χ2n) is 8.23. The highest BCUT2D eigenvalue weighted by Crippen LogP contribution is 2.42. The Morgan fingerprint density at radius 1 is 0.400 bits per heavy atom. The highest BCUT2D eigenvalue weighted by atomic mass is 16.5. The molecule has 5 rings (SSSR count). The molecule has 0 aliphatic rings. The van der Waals surface area contributed by atoms with E-state index in [9.17, 15) is 0 Å². The lowest BCUT2D eigenvalue weighted by molar-refractivity contribution is 0.324. The van der Waals surface area contributed by atoms with Crippen molar-refractivity contribution in [3.8, 4) is 80.3 Å². The fourth-order valence-corrected chi connectivity index (χ4v) is 4.08. The zero-order valence-electron chi connectivity index (χ0n) is 22.7. The predicted octanol–water partition coefficient (Wildman–Crippen LogP) is 5.17. The monoisotopic (exact) mass is 546 g/mol. The Morgan fingerprint density at radius 3 is 0.925 bits per heavy atom. The van der Waals surface area contributed by atoms with Gasteiger partial charge in [-0.3, -0.25) is 0 Å². The van der Waals surface area contributed by atoms with Crippen LogP contribution in [0.4, 0.5) is 0 Å². The highest BCUT2D eigenvalue weighted by molar-refractivity contribution is 5.69. The summed E-state index contributed by atoms with van der Waals surface area (Å²) in [4.78, 5) is 0. The standard InChI is InChI=1S/C28H26N4O8/c1-33-19-11-17(12-20(34-2)23(19)37-5)27-31-29-25(39-27)15-7-9-16(10-8-15)26-30-32-28(40-26)18-13-21(35-3)24(38-6)22(14-18)36-4/h7-14H,1-6H3. The number of methoxy groups -OCH3 is 6. The zero-order chi connectivity index (χ0) is 28.2. The molecule has 0 fully saturated rings. The van der Waals surface area contributed by atoms with E-state index in [4.69, 9.17) is 37.3 Å². The smallest absolute Gasteiger partial charge is 0.248 e. The van der Waals surface area contributed by atoms with E-state index in [-0.39, 0.29) is 0 Å². The van der Waals surface area contributed by atoms with Crippen LogP contribution in [0.1, 0.15) is 0 Å². The Labute approximate surface area is 229 Å². The first-order chi connectivity index (χ1) is 19.5. The van der Waals surface area contributed by atoms with Crippen LogP contribution in [-0.4, -0.2) is 63.1 Å². The Morgan fingerprint density at radius 2 is 0.675 bits per heavy atom. The van der Waals surface area contributed by atoms with E-state index in [1.54, 1.807) is 52.7 Å². The molecule has 3 aromatic carbocycles. The third kappa shape index (κ3) is 4.82. The molecule has 0 atom stereocenters. The van der Waals surface area contributed by atoms with Gasteiger partial charge in [0.05, 0.1) is 42.7 Å². The molecule has 12 nitrogen and oxygen atoms in total. The molecule has 0 aliphatic heterocycles. The van der Waals surface area contributed by atoms with Crippen molar-refractivity contribution < 1.29 is 37.3 Å². The number of nitrogens with zero attached hydrogens (tertiary/aromatic N) is 4. The number of ether oxygens (including phenoxy) is 6. The summed E-state index contributed by atoms with van der Waals surface area (Å²) in [6, 6.07) is 14.3. The number of hydrogen-bond acceptors (Lipinski definition) is 12. The zero-order valence-corrected chi connectivity index (χ0v) is 22.7. The van der Waals surface area contributed by atoms with Gasteiger partial charge < -0.3 is 37.3 Å². The van der Waals surface area contributed by atoms with Crippen molar-refractivity contribution in [3.63, 3.8) is 0 Å². The summed E-state index contributed by atoms with van der Waals surface area (Å²) in [5.41, 5.74) is 2.66. The molecular weight excluding hydrogens is 520 g/mol. The lowest BCUT2D eigenvalue weighted by Gasteiger charge is -2.12. The number of hydrogen-bond donors (Lipinski definition) is 0. The number of aromatic nitrogens is 4. The maximum absolute atomic E-state index is 5.94. The van der Waals surface area contributed by atoms with Gasteiger partial charge in [0.2, 0.25) is 35.1 Å². The van der Waals surface area contributed by atoms with Gasteiger partial charge in [-0.25, -0.2) is 0 Å². The van der Waals surface area contributed by atoms with Crippen LogP contribution in [0.15, 0.2) is 57.4 Å². The van der Waals surface area contributed by atoms with E-state index in [1.807, 2.05) is 24.3 Å². The Balaban J connectivity index is 1.39. The largest absolute Gasteiger partial charge is 0.493 e. The summed E-state index contributed by atoms with van der Waals surface area (Å²) in [7, 11) is 9.24. The maximum Gasteiger partial charge on any atom is 0.248 e. The average Bonchev–Trinajstić information content (AvgIpc) is 3.70. The SMILES string of the molecule is COc1cc(-c2nnc(-c3ccc(-c4nnc(-c5cc(OC)c(OC)c(OC)c5)o4)cc3)o2)cc(OC)c1OC. The summed E-state index contributed by atoms with van der Waals surface area (Å²) >= 11 is 0. The van der Waals surface area contributed by atoms with Gasteiger partial charge in [0.15, 0.2) is 23.0 Å². The van der Waals surface area contributed by atoms with Crippen molar-refractivity contribution >= 4 is 0 Å². The quantitative estimate of drug-likeness (QED) is 0.229. The van der Waals surface area contributed by atoms with Crippen molar-refractivity contribution in [2.75, 3.05) is 42.7 Å². The van der Waals surface area contributed by atoms with Gasteiger partial charge in [0, 0.05) is 22.3 Å². The van der Waals surface area contributed by atoms with Crippen LogP contribution < -0.4 is 28.4 Å². The lowest BCUT2D eigenvalue weighted by Crippen LogP contribution is -1.95. The van der Waals surface area contributed by atoms with Gasteiger partial charge in [-0.05, 0) is 48.5 Å². The van der Waals surface area contributed by atoms with E-state index in [1.165, 1.54) is 14.2 Å². The van der Waals surface area contributed by atoms with Gasteiger partial charge >= 0.3 is 0 Å². The molecule has 0 saturated heterocycles. The molecule has 40 heavy (non-hydrogen) atoms. The molecule has 206 valence electrons. The maximum atomic E-state index is 5.94. The number of benzene rings is 3. The summed E-state index contributed by atoms with van der Waals surface area (Å²) in [5, 5.41) is 16.8. The van der Waals surface area contributed by atoms with Crippen LogP contribution in [0, 0.1) is 0 Å². The van der Waals surface area contributed by atoms with Gasteiger partial charge in [-0.15, -0.1) is 20.4 Å². The summed E-state index contributed by atoms with van der Waals surface area (Å²) < 4.78 is 44.3. The van der Waals surface area contributed by atoms with Crippen molar-refractivity contribution in [2.45, 2.75) is 0 Å². The lowest BCUT2D eigenvalue weighted by atomic mass is 10.1. The molecule has 5 aromatic rings. The summed E-state index contributed by atoms with van der Waals surface area (Å²) in [5.74, 6) is 4.11. The van der Waals surface area contributed by atoms with Gasteiger partial charge in [-0.2, -0.15) is 0 Å². The van der Waals surface area contributed by atoms with Crippen LogP contribution in [0.3, 0.4) is 0 Å². The van der Waals surface area contributed by atoms with Crippen LogP contribution in [0.5, 0.6) is 34.5 Å². The second kappa shape index (κ2) is 11.2. The first-order valence-corrected chi connectivity index (χ1v) is 11.9. The van der Waals surface area contributed by atoms with E-state index in [0.717, 1.165) is 0 Å². The van der Waals surface area contributed by atoms with Crippen molar-refractivity contribution in [2.24, 2.45) is 0 Å². The van der Waals surface area contributed by atoms with Crippen LogP contribution in [0.2, 0.25) is 0 Å². The van der Waals surface area contributed by atoms with Crippen LogP contribution >= 0.6 is 0 Å². The van der Waals surface area contributed by atoms with Crippen molar-refractivity contribution in [1.29, 1.82) is 0 Å². The number of rotatable bonds is 10. The summed E-state index contributed by atoms with van der Waals surface area (Å²) in [6.45, 7) is 0. The third-order valence-corrected chi connectivity index (χ3v) is 6.05. The molecule has 0 saturated carbocycles. The predicted molar refractivity (Wildman–Crippen MR) is 143 cm³/mol. The Bertz CT molecular complexity index is 1460. The molecule has 0 unspecified atom stereocenters.